The van der Waals surface area contributed by atoms with E-state index in [-0.39, 0.29) is 1.43 Å². The molecule has 0 N–H and O–H groups in total. The van der Waals surface area contributed by atoms with Crippen LogP contribution in [0.25, 0.3) is 0 Å². The summed E-state index contributed by atoms with van der Waals surface area (Å²) >= 11 is 0. The summed E-state index contributed by atoms with van der Waals surface area (Å²) in [7, 11) is 2.12. The summed E-state index contributed by atoms with van der Waals surface area (Å²) in [6.07, 6.45) is 5.45. The Morgan fingerprint density at radius 3 is 2.22 bits per heavy atom. The lowest BCUT2D eigenvalue weighted by Gasteiger charge is -2.03. The molecule has 1 aromatic heterocycles. The maximum absolute atomic E-state index is 4.05. The lowest BCUT2D eigenvalue weighted by atomic mass is 10.1. The van der Waals surface area contributed by atoms with Crippen LogP contribution in [-0.2, 0) is 19.9 Å². The van der Waals surface area contributed by atoms with Crippen LogP contribution < -0.4 is 0 Å². The Labute approximate surface area is 144 Å². The predicted molar refractivity (Wildman–Crippen MR) is 105 cm³/mol. The van der Waals surface area contributed by atoms with Crippen molar-refractivity contribution in [1.29, 1.82) is 0 Å². The standard InChI is InChI=1S/C13H21N.C9H12.H2/c1-6-11(4)7-13-8-12(10(2)3)9-14(13)5;1-3-9-6-4-8(2)5-7-9;/h8-10H,4,6-7H2,1-3,5H3;4-7H,3H2,1-2H3;1H. The van der Waals surface area contributed by atoms with Gasteiger partial charge in [-0.1, -0.05) is 69.7 Å². The quantitative estimate of drug-likeness (QED) is 0.558. The molecule has 0 saturated heterocycles. The van der Waals surface area contributed by atoms with Crippen molar-refractivity contribution < 1.29 is 1.43 Å². The van der Waals surface area contributed by atoms with Crippen molar-refractivity contribution in [3.8, 4) is 0 Å². The maximum atomic E-state index is 4.05. The van der Waals surface area contributed by atoms with Gasteiger partial charge in [0.05, 0.1) is 0 Å². The molecule has 0 aliphatic heterocycles. The maximum Gasteiger partial charge on any atom is 0.0215 e. The number of aryl methyl sites for hydroxylation is 3. The Bertz CT molecular complexity index is 605. The monoisotopic (exact) mass is 313 g/mol. The first kappa shape index (κ1) is 19.3. The van der Waals surface area contributed by atoms with Gasteiger partial charge in [-0.15, -0.1) is 0 Å². The van der Waals surface area contributed by atoms with Gasteiger partial charge in [-0.05, 0) is 42.9 Å². The molecule has 1 nitrogen and oxygen atoms in total. The fourth-order valence-electron chi connectivity index (χ4n) is 2.33. The zero-order chi connectivity index (χ0) is 17.4. The minimum Gasteiger partial charge on any atom is -0.354 e. The van der Waals surface area contributed by atoms with Gasteiger partial charge < -0.3 is 4.57 Å². The van der Waals surface area contributed by atoms with Crippen LogP contribution in [0.5, 0.6) is 0 Å². The molecule has 0 unspecified atom stereocenters. The second-order valence-electron chi connectivity index (χ2n) is 6.65. The van der Waals surface area contributed by atoms with Crippen molar-refractivity contribution in [2.24, 2.45) is 7.05 Å². The molecule has 0 saturated carbocycles. The fourth-order valence-corrected chi connectivity index (χ4v) is 2.33. The van der Waals surface area contributed by atoms with Gasteiger partial charge in [0.15, 0.2) is 0 Å². The van der Waals surface area contributed by atoms with Gasteiger partial charge in [-0.25, -0.2) is 0 Å². The number of rotatable bonds is 5. The lowest BCUT2D eigenvalue weighted by molar-refractivity contribution is 0.820. The predicted octanol–water partition coefficient (Wildman–Crippen LogP) is 6.46. The molecule has 2 aromatic rings. The minimum absolute atomic E-state index is 0. The SMILES string of the molecule is C=C(CC)Cc1cc(C(C)C)cn1C.CCc1ccc(C)cc1.[HH]. The van der Waals surface area contributed by atoms with Crippen molar-refractivity contribution in [3.05, 3.63) is 71.1 Å². The minimum atomic E-state index is 0. The molecule has 23 heavy (non-hydrogen) atoms. The van der Waals surface area contributed by atoms with Gasteiger partial charge in [-0.3, -0.25) is 0 Å². The molecule has 1 aromatic carbocycles. The van der Waals surface area contributed by atoms with Crippen LogP contribution in [0.4, 0.5) is 0 Å². The van der Waals surface area contributed by atoms with Gasteiger partial charge in [0, 0.05) is 26.8 Å². The second-order valence-corrected chi connectivity index (χ2v) is 6.65. The summed E-state index contributed by atoms with van der Waals surface area (Å²) in [6.45, 7) is 15.0. The normalized spacial score (nSPS) is 10.4. The first-order valence-electron chi connectivity index (χ1n) is 8.74. The molecule has 0 radical (unpaired) electrons. The summed E-state index contributed by atoms with van der Waals surface area (Å²) in [5.74, 6) is 0.616. The van der Waals surface area contributed by atoms with Gasteiger partial charge >= 0.3 is 0 Å². The molecule has 1 heterocycles. The van der Waals surface area contributed by atoms with E-state index in [0.717, 1.165) is 19.3 Å². The number of benzene rings is 1. The van der Waals surface area contributed by atoms with Gasteiger partial charge in [-0.2, -0.15) is 0 Å². The smallest absolute Gasteiger partial charge is 0.0215 e. The largest absolute Gasteiger partial charge is 0.354 e. The van der Waals surface area contributed by atoms with E-state index >= 15 is 0 Å². The van der Waals surface area contributed by atoms with Crippen molar-refractivity contribution >= 4 is 0 Å². The Kier molecular flexibility index (Phi) is 7.88. The third-order valence-corrected chi connectivity index (χ3v) is 4.26. The van der Waals surface area contributed by atoms with E-state index in [4.69, 9.17) is 0 Å². The molecule has 0 fully saturated rings. The van der Waals surface area contributed by atoms with Crippen molar-refractivity contribution in [3.63, 3.8) is 0 Å². The second kappa shape index (κ2) is 9.39. The van der Waals surface area contributed by atoms with Crippen LogP contribution in [0.1, 0.15) is 63.8 Å². The molecule has 0 spiro atoms. The van der Waals surface area contributed by atoms with E-state index in [2.05, 4.69) is 89.3 Å². The molecular weight excluding hydrogens is 278 g/mol. The summed E-state index contributed by atoms with van der Waals surface area (Å²) in [6, 6.07) is 11.0. The average Bonchev–Trinajstić information content (AvgIpc) is 2.90. The molecule has 0 atom stereocenters. The van der Waals surface area contributed by atoms with E-state index in [0.29, 0.717) is 5.92 Å². The van der Waals surface area contributed by atoms with Gasteiger partial charge in [0.25, 0.3) is 0 Å². The van der Waals surface area contributed by atoms with E-state index < -0.39 is 0 Å². The lowest BCUT2D eigenvalue weighted by Crippen LogP contribution is -1.95. The van der Waals surface area contributed by atoms with E-state index in [1.807, 2.05) is 0 Å². The molecule has 0 amide bonds. The Balaban J connectivity index is 0.000000460. The Hall–Kier alpha value is -1.76. The van der Waals surface area contributed by atoms with Crippen LogP contribution in [-0.4, -0.2) is 4.57 Å². The summed E-state index contributed by atoms with van der Waals surface area (Å²) < 4.78 is 2.22. The van der Waals surface area contributed by atoms with Crippen LogP contribution in [0, 0.1) is 6.92 Å². The van der Waals surface area contributed by atoms with Gasteiger partial charge in [0.1, 0.15) is 0 Å². The van der Waals surface area contributed by atoms with Crippen molar-refractivity contribution in [2.45, 2.75) is 59.8 Å². The zero-order valence-corrected chi connectivity index (χ0v) is 15.8. The van der Waals surface area contributed by atoms with Crippen LogP contribution in [0.15, 0.2) is 48.7 Å². The Morgan fingerprint density at radius 2 is 1.78 bits per heavy atom. The molecule has 0 aliphatic rings. The molecule has 0 aliphatic carbocycles. The molecular formula is C22H35N. The molecule has 128 valence electrons. The summed E-state index contributed by atoms with van der Waals surface area (Å²) in [5.41, 5.74) is 6.86. The molecule has 0 bridgehead atoms. The van der Waals surface area contributed by atoms with Crippen LogP contribution >= 0.6 is 0 Å². The number of nitrogens with zero attached hydrogens (tertiary/aromatic N) is 1. The number of aromatic nitrogens is 1. The third-order valence-electron chi connectivity index (χ3n) is 4.26. The zero-order valence-electron chi connectivity index (χ0n) is 15.8. The highest BCUT2D eigenvalue weighted by Crippen LogP contribution is 2.19. The highest BCUT2D eigenvalue weighted by molar-refractivity contribution is 5.24. The summed E-state index contributed by atoms with van der Waals surface area (Å²) in [4.78, 5) is 0. The molecule has 1 heteroatoms. The topological polar surface area (TPSA) is 4.93 Å². The summed E-state index contributed by atoms with van der Waals surface area (Å²) in [5, 5.41) is 0. The fraction of sp³-hybridized carbons (Fsp3) is 0.455. The number of hydrogen-bond donors (Lipinski definition) is 0. The highest BCUT2D eigenvalue weighted by atomic mass is 14.9. The van der Waals surface area contributed by atoms with Crippen molar-refractivity contribution in [1.82, 2.24) is 4.57 Å². The highest BCUT2D eigenvalue weighted by Gasteiger charge is 2.06. The average molecular weight is 314 g/mol. The van der Waals surface area contributed by atoms with Crippen molar-refractivity contribution in [2.75, 3.05) is 0 Å². The van der Waals surface area contributed by atoms with Crippen LogP contribution in [0.2, 0.25) is 0 Å². The van der Waals surface area contributed by atoms with E-state index in [1.165, 1.54) is 28.0 Å². The van der Waals surface area contributed by atoms with Gasteiger partial charge in [0.2, 0.25) is 0 Å². The third kappa shape index (κ3) is 6.48. The molecule has 2 rings (SSSR count). The number of hydrogen-bond acceptors (Lipinski definition) is 0. The number of allylic oxidation sites excluding steroid dienone is 1. The Morgan fingerprint density at radius 1 is 1.17 bits per heavy atom. The first-order valence-corrected chi connectivity index (χ1v) is 8.74. The van der Waals surface area contributed by atoms with E-state index in [1.54, 1.807) is 0 Å². The first-order chi connectivity index (χ1) is 10.9. The van der Waals surface area contributed by atoms with E-state index in [9.17, 15) is 0 Å². The van der Waals surface area contributed by atoms with Crippen LogP contribution in [0.3, 0.4) is 0 Å².